The van der Waals surface area contributed by atoms with Crippen molar-refractivity contribution >= 4 is 21.4 Å². The molecule has 0 radical (unpaired) electrons. The lowest BCUT2D eigenvalue weighted by Crippen LogP contribution is -2.34. The molecule has 0 aromatic heterocycles. The molecule has 1 amide bonds. The van der Waals surface area contributed by atoms with E-state index in [2.05, 4.69) is 11.4 Å². The maximum Gasteiger partial charge on any atom is 0.416 e. The molecule has 1 N–H and O–H groups in total. The molecule has 1 aliphatic rings. The highest BCUT2D eigenvalue weighted by Gasteiger charge is 2.35. The van der Waals surface area contributed by atoms with Crippen LogP contribution in [0.3, 0.4) is 0 Å². The predicted octanol–water partition coefficient (Wildman–Crippen LogP) is 5.70. The summed E-state index contributed by atoms with van der Waals surface area (Å²) in [4.78, 5) is 15.2. The number of benzene rings is 3. The molecule has 42 heavy (non-hydrogen) atoms. The summed E-state index contributed by atoms with van der Waals surface area (Å²) in [7, 11) is -3.31. The quantitative estimate of drug-likeness (QED) is 0.321. The van der Waals surface area contributed by atoms with Gasteiger partial charge in [0.25, 0.3) is 5.91 Å². The van der Waals surface area contributed by atoms with Crippen LogP contribution in [0.2, 0.25) is 0 Å². The zero-order valence-electron chi connectivity index (χ0n) is 23.3. The zero-order valence-corrected chi connectivity index (χ0v) is 24.1. The van der Waals surface area contributed by atoms with E-state index in [1.54, 1.807) is 31.2 Å². The van der Waals surface area contributed by atoms with Crippen LogP contribution in [0.4, 0.5) is 18.9 Å². The Balaban J connectivity index is 1.50. The summed E-state index contributed by atoms with van der Waals surface area (Å²) >= 11 is 0. The number of amides is 1. The Morgan fingerprint density at radius 2 is 1.76 bits per heavy atom. The maximum atomic E-state index is 13.1. The second-order valence-electron chi connectivity index (χ2n) is 10.1. The number of hydrogen-bond acceptors (Lipinski definition) is 6. The van der Waals surface area contributed by atoms with Crippen molar-refractivity contribution in [3.63, 3.8) is 0 Å². The topological polar surface area (TPSA) is 99.5 Å². The van der Waals surface area contributed by atoms with Gasteiger partial charge in [0.1, 0.15) is 6.07 Å². The Hall–Kier alpha value is -3.88. The number of hydrogen-bond donors (Lipinski definition) is 1. The normalized spacial score (nSPS) is 17.2. The van der Waals surface area contributed by atoms with Crippen molar-refractivity contribution in [2.24, 2.45) is 0 Å². The standard InChI is InChI=1S/C31H32F3N3O4S/c1-3-41-20-27-16-25(22-7-10-26(11-8-22)31(32,33)34)19-37(27)29-14-9-23(15-24(29)17-35)30(38)36-18-21-5-12-28(13-6-21)42(39,40)4-2/h5-15,25,27H,3-4,16,18-20H2,1-2H3,(H,36,38)/t25?,27-/m0/s1. The van der Waals surface area contributed by atoms with Crippen molar-refractivity contribution in [3.8, 4) is 6.07 Å². The fraction of sp³-hybridized carbons (Fsp3) is 0.355. The van der Waals surface area contributed by atoms with Crippen LogP contribution in [0.5, 0.6) is 0 Å². The minimum Gasteiger partial charge on any atom is -0.380 e. The summed E-state index contributed by atoms with van der Waals surface area (Å²) in [6, 6.07) is 18.4. The van der Waals surface area contributed by atoms with Crippen molar-refractivity contribution in [1.82, 2.24) is 5.32 Å². The molecule has 1 aliphatic heterocycles. The van der Waals surface area contributed by atoms with Gasteiger partial charge in [-0.25, -0.2) is 8.42 Å². The van der Waals surface area contributed by atoms with Gasteiger partial charge >= 0.3 is 6.18 Å². The van der Waals surface area contributed by atoms with Crippen LogP contribution >= 0.6 is 0 Å². The van der Waals surface area contributed by atoms with E-state index in [4.69, 9.17) is 4.74 Å². The molecule has 0 bridgehead atoms. The number of alkyl halides is 3. The first-order valence-electron chi connectivity index (χ1n) is 13.6. The summed E-state index contributed by atoms with van der Waals surface area (Å²) in [5.74, 6) is -0.455. The molecular weight excluding hydrogens is 567 g/mol. The first-order chi connectivity index (χ1) is 20.0. The van der Waals surface area contributed by atoms with Crippen molar-refractivity contribution in [1.29, 1.82) is 5.26 Å². The highest BCUT2D eigenvalue weighted by molar-refractivity contribution is 7.91. The lowest BCUT2D eigenvalue weighted by molar-refractivity contribution is -0.137. The molecule has 0 saturated carbocycles. The number of nitrogens with one attached hydrogen (secondary N) is 1. The first kappa shape index (κ1) is 31.1. The van der Waals surface area contributed by atoms with Gasteiger partial charge in [0, 0.05) is 31.2 Å². The molecule has 0 spiro atoms. The summed E-state index contributed by atoms with van der Waals surface area (Å²) in [5.41, 5.74) is 2.02. The molecule has 4 rings (SSSR count). The third kappa shape index (κ3) is 7.12. The number of nitriles is 1. The molecule has 0 aliphatic carbocycles. The molecule has 3 aromatic rings. The van der Waals surface area contributed by atoms with Crippen LogP contribution in [-0.4, -0.2) is 45.9 Å². The molecule has 3 aromatic carbocycles. The van der Waals surface area contributed by atoms with Crippen LogP contribution < -0.4 is 10.2 Å². The fourth-order valence-electron chi connectivity index (χ4n) is 5.09. The van der Waals surface area contributed by atoms with E-state index in [-0.39, 0.29) is 29.2 Å². The van der Waals surface area contributed by atoms with Crippen molar-refractivity contribution in [2.75, 3.05) is 30.4 Å². The van der Waals surface area contributed by atoms with Gasteiger partial charge in [-0.2, -0.15) is 18.4 Å². The summed E-state index contributed by atoms with van der Waals surface area (Å²) in [6.07, 6.45) is -3.77. The van der Waals surface area contributed by atoms with Crippen LogP contribution in [0.15, 0.2) is 71.6 Å². The summed E-state index contributed by atoms with van der Waals surface area (Å²) < 4.78 is 68.9. The zero-order chi connectivity index (χ0) is 30.5. The van der Waals surface area contributed by atoms with E-state index in [1.807, 2.05) is 11.8 Å². The van der Waals surface area contributed by atoms with Gasteiger partial charge in [0.05, 0.1) is 40.1 Å². The molecule has 222 valence electrons. The van der Waals surface area contributed by atoms with E-state index in [0.29, 0.717) is 43.0 Å². The first-order valence-corrected chi connectivity index (χ1v) is 15.3. The number of rotatable bonds is 10. The third-order valence-electron chi connectivity index (χ3n) is 7.44. The molecule has 1 unspecified atom stereocenters. The fourth-order valence-corrected chi connectivity index (χ4v) is 5.98. The van der Waals surface area contributed by atoms with Gasteiger partial charge in [-0.3, -0.25) is 4.79 Å². The van der Waals surface area contributed by atoms with Gasteiger partial charge in [-0.1, -0.05) is 31.2 Å². The van der Waals surface area contributed by atoms with Crippen LogP contribution in [0.1, 0.15) is 58.8 Å². The lowest BCUT2D eigenvalue weighted by Gasteiger charge is -2.27. The van der Waals surface area contributed by atoms with Crippen LogP contribution in [0.25, 0.3) is 0 Å². The Morgan fingerprint density at radius 3 is 2.36 bits per heavy atom. The highest BCUT2D eigenvalue weighted by Crippen LogP contribution is 2.38. The molecule has 7 nitrogen and oxygen atoms in total. The van der Waals surface area contributed by atoms with Crippen LogP contribution in [-0.2, 0) is 27.3 Å². The van der Waals surface area contributed by atoms with E-state index in [9.17, 15) is 31.6 Å². The molecular formula is C31H32F3N3O4S. The Morgan fingerprint density at radius 1 is 1.07 bits per heavy atom. The average Bonchev–Trinajstić information content (AvgIpc) is 3.42. The van der Waals surface area contributed by atoms with Crippen molar-refractivity contribution in [2.45, 2.75) is 49.8 Å². The second kappa shape index (κ2) is 13.0. The smallest absolute Gasteiger partial charge is 0.380 e. The Labute approximate surface area is 243 Å². The second-order valence-corrected chi connectivity index (χ2v) is 12.4. The highest BCUT2D eigenvalue weighted by atomic mass is 32.2. The maximum absolute atomic E-state index is 13.1. The van der Waals surface area contributed by atoms with Crippen molar-refractivity contribution in [3.05, 3.63) is 94.5 Å². The number of sulfone groups is 1. The summed E-state index contributed by atoms with van der Waals surface area (Å²) in [5, 5.41) is 12.8. The van der Waals surface area contributed by atoms with Crippen molar-refractivity contribution < 1.29 is 31.1 Å². The minimum absolute atomic E-state index is 0.000180. The van der Waals surface area contributed by atoms with Gasteiger partial charge in [-0.15, -0.1) is 0 Å². The largest absolute Gasteiger partial charge is 0.416 e. The molecule has 1 fully saturated rings. The molecule has 11 heteroatoms. The number of anilines is 1. The SMILES string of the molecule is CCOC[C@@H]1CC(c2ccc(C(F)(F)F)cc2)CN1c1ccc(C(=O)NCc2ccc(S(=O)(=O)CC)cc2)cc1C#N. The number of halogens is 3. The molecule has 1 heterocycles. The monoisotopic (exact) mass is 599 g/mol. The van der Waals surface area contributed by atoms with Gasteiger partial charge in [-0.05, 0) is 66.9 Å². The molecule has 1 saturated heterocycles. The van der Waals surface area contributed by atoms with E-state index >= 15 is 0 Å². The van der Waals surface area contributed by atoms with Gasteiger partial charge in [0.2, 0.25) is 0 Å². The number of nitrogens with zero attached hydrogens (tertiary/aromatic N) is 2. The Kier molecular flexibility index (Phi) is 9.59. The number of carbonyl (C=O) groups is 1. The lowest BCUT2D eigenvalue weighted by atomic mass is 9.95. The average molecular weight is 600 g/mol. The third-order valence-corrected chi connectivity index (χ3v) is 9.19. The van der Waals surface area contributed by atoms with Gasteiger partial charge in [0.15, 0.2) is 9.84 Å². The Bertz CT molecular complexity index is 1550. The predicted molar refractivity (Wildman–Crippen MR) is 153 cm³/mol. The van der Waals surface area contributed by atoms with E-state index in [1.165, 1.54) is 30.3 Å². The van der Waals surface area contributed by atoms with E-state index in [0.717, 1.165) is 23.3 Å². The minimum atomic E-state index is -4.41. The van der Waals surface area contributed by atoms with Gasteiger partial charge < -0.3 is 15.0 Å². The summed E-state index contributed by atoms with van der Waals surface area (Å²) in [6.45, 7) is 4.99. The molecule has 2 atom stereocenters. The van der Waals surface area contributed by atoms with E-state index < -0.39 is 27.5 Å². The number of ether oxygens (including phenoxy) is 1. The van der Waals surface area contributed by atoms with Crippen LogP contribution in [0, 0.1) is 11.3 Å². The number of carbonyl (C=O) groups excluding carboxylic acids is 1.